The van der Waals surface area contributed by atoms with Crippen LogP contribution in [0.1, 0.15) is 23.6 Å². The Kier molecular flexibility index (Phi) is 8.16. The Balaban J connectivity index is 0.00000264. The monoisotopic (exact) mass is 334 g/mol. The van der Waals surface area contributed by atoms with Gasteiger partial charge in [-0.1, -0.05) is 42.5 Å². The minimum Gasteiger partial charge on any atom is -0.497 e. The molecule has 2 aromatic rings. The first-order valence-corrected chi connectivity index (χ1v) is 7.39. The molecule has 0 saturated carbocycles. The molecule has 0 aliphatic heterocycles. The van der Waals surface area contributed by atoms with Gasteiger partial charge in [-0.2, -0.15) is 0 Å². The van der Waals surface area contributed by atoms with Crippen LogP contribution in [0.25, 0.3) is 0 Å². The van der Waals surface area contributed by atoms with Crippen molar-refractivity contribution in [2.45, 2.75) is 18.9 Å². The number of amides is 1. The van der Waals surface area contributed by atoms with E-state index >= 15 is 0 Å². The second-order valence-corrected chi connectivity index (χ2v) is 5.17. The molecule has 2 rings (SSSR count). The molecular formula is C18H23ClN2O2. The normalized spacial score (nSPS) is 11.2. The fourth-order valence-electron chi connectivity index (χ4n) is 2.22. The second kappa shape index (κ2) is 9.87. The van der Waals surface area contributed by atoms with Crippen LogP contribution < -0.4 is 15.8 Å². The molecule has 1 atom stereocenters. The maximum Gasteiger partial charge on any atom is 0.220 e. The smallest absolute Gasteiger partial charge is 0.220 e. The van der Waals surface area contributed by atoms with Gasteiger partial charge in [0.05, 0.1) is 7.11 Å². The summed E-state index contributed by atoms with van der Waals surface area (Å²) in [6.07, 6.45) is 1.12. The van der Waals surface area contributed by atoms with Gasteiger partial charge in [0.2, 0.25) is 5.91 Å². The predicted molar refractivity (Wildman–Crippen MR) is 94.9 cm³/mol. The maximum absolute atomic E-state index is 11.9. The fourth-order valence-corrected chi connectivity index (χ4v) is 2.22. The zero-order valence-corrected chi connectivity index (χ0v) is 14.0. The van der Waals surface area contributed by atoms with E-state index in [4.69, 9.17) is 10.5 Å². The van der Waals surface area contributed by atoms with Gasteiger partial charge in [0.25, 0.3) is 0 Å². The Morgan fingerprint density at radius 3 is 2.61 bits per heavy atom. The largest absolute Gasteiger partial charge is 0.497 e. The molecule has 0 fully saturated rings. The number of benzene rings is 2. The number of nitrogens with one attached hydrogen (secondary N) is 1. The SMILES string of the molecule is COc1cccc(CCC(=O)NCC(N)c2ccccc2)c1.Cl. The Morgan fingerprint density at radius 2 is 1.91 bits per heavy atom. The van der Waals surface area contributed by atoms with Crippen molar-refractivity contribution in [1.29, 1.82) is 0 Å². The number of aryl methyl sites for hydroxylation is 1. The number of carbonyl (C=O) groups excluding carboxylic acids is 1. The van der Waals surface area contributed by atoms with Crippen molar-refractivity contribution in [2.24, 2.45) is 5.73 Å². The number of carbonyl (C=O) groups is 1. The number of ether oxygens (including phenoxy) is 1. The van der Waals surface area contributed by atoms with Crippen LogP contribution in [-0.2, 0) is 11.2 Å². The van der Waals surface area contributed by atoms with Crippen molar-refractivity contribution in [1.82, 2.24) is 5.32 Å². The van der Waals surface area contributed by atoms with Gasteiger partial charge < -0.3 is 15.8 Å². The minimum atomic E-state index is -0.179. The van der Waals surface area contributed by atoms with Crippen LogP contribution in [0.3, 0.4) is 0 Å². The summed E-state index contributed by atoms with van der Waals surface area (Å²) >= 11 is 0. The highest BCUT2D eigenvalue weighted by Crippen LogP contribution is 2.14. The van der Waals surface area contributed by atoms with Gasteiger partial charge in [-0.3, -0.25) is 4.79 Å². The molecule has 4 nitrogen and oxygen atoms in total. The predicted octanol–water partition coefficient (Wildman–Crippen LogP) is 2.87. The molecule has 0 aliphatic rings. The maximum atomic E-state index is 11.9. The van der Waals surface area contributed by atoms with Crippen molar-refractivity contribution in [3.63, 3.8) is 0 Å². The van der Waals surface area contributed by atoms with Crippen LogP contribution in [0.4, 0.5) is 0 Å². The molecule has 0 heterocycles. The first-order chi connectivity index (χ1) is 10.7. The summed E-state index contributed by atoms with van der Waals surface area (Å²) in [4.78, 5) is 11.9. The van der Waals surface area contributed by atoms with Crippen molar-refractivity contribution < 1.29 is 9.53 Å². The summed E-state index contributed by atoms with van der Waals surface area (Å²) in [6, 6.07) is 17.3. The standard InChI is InChI=1S/C18H22N2O2.ClH/c1-22-16-9-5-6-14(12-16)10-11-18(21)20-13-17(19)15-7-3-2-4-8-15;/h2-9,12,17H,10-11,13,19H2,1H3,(H,20,21);1H. The summed E-state index contributed by atoms with van der Waals surface area (Å²) in [6.45, 7) is 0.445. The number of hydrogen-bond donors (Lipinski definition) is 2. The number of halogens is 1. The summed E-state index contributed by atoms with van der Waals surface area (Å²) < 4.78 is 5.17. The zero-order valence-electron chi connectivity index (χ0n) is 13.2. The van der Waals surface area contributed by atoms with Gasteiger partial charge in [0.15, 0.2) is 0 Å². The van der Waals surface area contributed by atoms with Crippen LogP contribution in [0.5, 0.6) is 5.75 Å². The van der Waals surface area contributed by atoms with Gasteiger partial charge in [-0.15, -0.1) is 12.4 Å². The number of rotatable bonds is 7. The molecule has 0 bridgehead atoms. The van der Waals surface area contributed by atoms with E-state index in [0.29, 0.717) is 19.4 Å². The molecule has 2 aromatic carbocycles. The lowest BCUT2D eigenvalue weighted by Gasteiger charge is -2.13. The van der Waals surface area contributed by atoms with E-state index in [0.717, 1.165) is 16.9 Å². The molecule has 0 radical (unpaired) electrons. The molecule has 23 heavy (non-hydrogen) atoms. The summed E-state index contributed by atoms with van der Waals surface area (Å²) in [5.74, 6) is 0.818. The average molecular weight is 335 g/mol. The number of nitrogens with two attached hydrogens (primary N) is 1. The van der Waals surface area contributed by atoms with Gasteiger partial charge >= 0.3 is 0 Å². The van der Waals surface area contributed by atoms with Crippen LogP contribution in [0, 0.1) is 0 Å². The van der Waals surface area contributed by atoms with E-state index in [9.17, 15) is 4.79 Å². The van der Waals surface area contributed by atoms with Crippen molar-refractivity contribution in [3.05, 3.63) is 65.7 Å². The molecule has 3 N–H and O–H groups in total. The minimum absolute atomic E-state index is 0. The first kappa shape index (κ1) is 19.0. The van der Waals surface area contributed by atoms with Crippen molar-refractivity contribution >= 4 is 18.3 Å². The number of hydrogen-bond acceptors (Lipinski definition) is 3. The molecule has 0 saturated heterocycles. The van der Waals surface area contributed by atoms with Crippen molar-refractivity contribution in [2.75, 3.05) is 13.7 Å². The molecule has 1 unspecified atom stereocenters. The third-order valence-corrected chi connectivity index (χ3v) is 3.52. The highest BCUT2D eigenvalue weighted by molar-refractivity contribution is 5.85. The van der Waals surface area contributed by atoms with Gasteiger partial charge in [0.1, 0.15) is 5.75 Å². The summed E-state index contributed by atoms with van der Waals surface area (Å²) in [7, 11) is 1.64. The van der Waals surface area contributed by atoms with Crippen LogP contribution >= 0.6 is 12.4 Å². The van der Waals surface area contributed by atoms with E-state index in [2.05, 4.69) is 5.32 Å². The van der Waals surface area contributed by atoms with Gasteiger partial charge in [0, 0.05) is 19.0 Å². The van der Waals surface area contributed by atoms with Crippen LogP contribution in [0.2, 0.25) is 0 Å². The highest BCUT2D eigenvalue weighted by atomic mass is 35.5. The molecule has 0 aliphatic carbocycles. The van der Waals surface area contributed by atoms with E-state index in [1.165, 1.54) is 0 Å². The van der Waals surface area contributed by atoms with E-state index in [1.54, 1.807) is 7.11 Å². The topological polar surface area (TPSA) is 64.3 Å². The van der Waals surface area contributed by atoms with Gasteiger partial charge in [-0.05, 0) is 29.7 Å². The molecule has 0 spiro atoms. The van der Waals surface area contributed by atoms with Crippen LogP contribution in [0.15, 0.2) is 54.6 Å². The van der Waals surface area contributed by atoms with E-state index in [1.807, 2.05) is 54.6 Å². The molecule has 0 aromatic heterocycles. The Hall–Kier alpha value is -2.04. The average Bonchev–Trinajstić information content (AvgIpc) is 2.58. The molecule has 124 valence electrons. The third kappa shape index (κ3) is 6.30. The Bertz CT molecular complexity index is 605. The second-order valence-electron chi connectivity index (χ2n) is 5.17. The molecular weight excluding hydrogens is 312 g/mol. The van der Waals surface area contributed by atoms with Gasteiger partial charge in [-0.25, -0.2) is 0 Å². The highest BCUT2D eigenvalue weighted by Gasteiger charge is 2.08. The van der Waals surface area contributed by atoms with Crippen LogP contribution in [-0.4, -0.2) is 19.6 Å². The molecule has 1 amide bonds. The Morgan fingerprint density at radius 1 is 1.17 bits per heavy atom. The lowest BCUT2D eigenvalue weighted by atomic mass is 10.1. The van der Waals surface area contributed by atoms with Crippen molar-refractivity contribution in [3.8, 4) is 5.75 Å². The first-order valence-electron chi connectivity index (χ1n) is 7.39. The van der Waals surface area contributed by atoms with E-state index in [-0.39, 0.29) is 24.4 Å². The lowest BCUT2D eigenvalue weighted by Crippen LogP contribution is -2.32. The molecule has 5 heteroatoms. The summed E-state index contributed by atoms with van der Waals surface area (Å²) in [5, 5.41) is 2.88. The summed E-state index contributed by atoms with van der Waals surface area (Å²) in [5.41, 5.74) is 8.17. The zero-order chi connectivity index (χ0) is 15.8. The quantitative estimate of drug-likeness (QED) is 0.818. The fraction of sp³-hybridized carbons (Fsp3) is 0.278. The third-order valence-electron chi connectivity index (χ3n) is 3.52. The van der Waals surface area contributed by atoms with E-state index < -0.39 is 0 Å². The lowest BCUT2D eigenvalue weighted by molar-refractivity contribution is -0.121. The Labute approximate surface area is 143 Å². The number of methoxy groups -OCH3 is 1.